The van der Waals surface area contributed by atoms with Crippen LogP contribution < -0.4 is 10.1 Å². The Morgan fingerprint density at radius 2 is 2.00 bits per heavy atom. The Labute approximate surface area is 110 Å². The number of nitrogens with one attached hydrogen (secondary N) is 1. The Balaban J connectivity index is 2.84. The van der Waals surface area contributed by atoms with Crippen LogP contribution in [0.5, 0.6) is 5.75 Å². The maximum atomic E-state index is 12.9. The molecule has 0 radical (unpaired) electrons. The van der Waals surface area contributed by atoms with Gasteiger partial charge < -0.3 is 15.2 Å². The van der Waals surface area contributed by atoms with Crippen LogP contribution in [0.1, 0.15) is 24.0 Å². The lowest BCUT2D eigenvalue weighted by molar-refractivity contribution is -0.139. The molecular formula is C13H18F3NO2. The first kappa shape index (κ1) is 15.8. The molecule has 0 amide bonds. The van der Waals surface area contributed by atoms with Gasteiger partial charge in [-0.2, -0.15) is 13.2 Å². The van der Waals surface area contributed by atoms with Crippen molar-refractivity contribution in [1.82, 2.24) is 5.32 Å². The molecule has 0 aromatic heterocycles. The van der Waals surface area contributed by atoms with E-state index in [9.17, 15) is 13.2 Å². The predicted molar refractivity (Wildman–Crippen MR) is 66.0 cm³/mol. The molecule has 1 aromatic carbocycles. The van der Waals surface area contributed by atoms with Crippen LogP contribution in [0, 0.1) is 0 Å². The molecule has 0 spiro atoms. The van der Waals surface area contributed by atoms with Crippen molar-refractivity contribution in [3.8, 4) is 5.75 Å². The van der Waals surface area contributed by atoms with Gasteiger partial charge in [-0.1, -0.05) is 6.07 Å². The lowest BCUT2D eigenvalue weighted by atomic mass is 10.1. The largest absolute Gasteiger partial charge is 0.493 e. The van der Waals surface area contributed by atoms with E-state index in [-0.39, 0.29) is 19.0 Å². The maximum Gasteiger partial charge on any atom is 0.419 e. The number of halogens is 3. The summed E-state index contributed by atoms with van der Waals surface area (Å²) in [6, 6.07) is 4.04. The third-order valence-electron chi connectivity index (χ3n) is 2.54. The maximum absolute atomic E-state index is 12.9. The summed E-state index contributed by atoms with van der Waals surface area (Å²) < 4.78 is 43.9. The monoisotopic (exact) mass is 277 g/mol. The van der Waals surface area contributed by atoms with Crippen molar-refractivity contribution >= 4 is 0 Å². The lowest BCUT2D eigenvalue weighted by Gasteiger charge is -2.15. The van der Waals surface area contributed by atoms with Crippen LogP contribution in [0.2, 0.25) is 0 Å². The second-order valence-corrected chi connectivity index (χ2v) is 4.14. The predicted octanol–water partition coefficient (Wildman–Crippen LogP) is 2.58. The van der Waals surface area contributed by atoms with Gasteiger partial charge in [-0.3, -0.25) is 0 Å². The van der Waals surface area contributed by atoms with Crippen molar-refractivity contribution in [1.29, 1.82) is 0 Å². The number of hydrogen-bond acceptors (Lipinski definition) is 3. The summed E-state index contributed by atoms with van der Waals surface area (Å²) >= 11 is 0. The average Bonchev–Trinajstić information content (AvgIpc) is 2.35. The van der Waals surface area contributed by atoms with Crippen LogP contribution in [0.15, 0.2) is 18.2 Å². The van der Waals surface area contributed by atoms with Crippen molar-refractivity contribution in [2.75, 3.05) is 20.3 Å². The highest BCUT2D eigenvalue weighted by Gasteiger charge is 2.34. The first-order chi connectivity index (χ1) is 8.99. The third-order valence-corrected chi connectivity index (χ3v) is 2.54. The summed E-state index contributed by atoms with van der Waals surface area (Å²) in [5, 5.41) is 11.4. The van der Waals surface area contributed by atoms with Gasteiger partial charge in [0, 0.05) is 13.2 Å². The Morgan fingerprint density at radius 1 is 1.26 bits per heavy atom. The van der Waals surface area contributed by atoms with Gasteiger partial charge in [0.15, 0.2) is 0 Å². The fourth-order valence-corrected chi connectivity index (χ4v) is 1.63. The summed E-state index contributed by atoms with van der Waals surface area (Å²) in [7, 11) is 1.67. The van der Waals surface area contributed by atoms with Crippen molar-refractivity contribution in [2.45, 2.75) is 25.6 Å². The molecule has 0 bridgehead atoms. The van der Waals surface area contributed by atoms with E-state index in [1.54, 1.807) is 13.1 Å². The zero-order valence-electron chi connectivity index (χ0n) is 10.8. The first-order valence-electron chi connectivity index (χ1n) is 6.07. The molecule has 1 rings (SSSR count). The molecule has 19 heavy (non-hydrogen) atoms. The number of alkyl halides is 3. The molecule has 0 aliphatic carbocycles. The fourth-order valence-electron chi connectivity index (χ4n) is 1.63. The van der Waals surface area contributed by atoms with Crippen molar-refractivity contribution in [2.24, 2.45) is 0 Å². The zero-order valence-corrected chi connectivity index (χ0v) is 10.8. The molecule has 1 aromatic rings. The number of hydrogen-bond donors (Lipinski definition) is 2. The normalized spacial score (nSPS) is 11.6. The first-order valence-corrected chi connectivity index (χ1v) is 6.07. The minimum atomic E-state index is -4.43. The van der Waals surface area contributed by atoms with Crippen LogP contribution >= 0.6 is 0 Å². The summed E-state index contributed by atoms with van der Waals surface area (Å²) in [6.07, 6.45) is -3.40. The second kappa shape index (κ2) is 7.35. The van der Waals surface area contributed by atoms with E-state index in [2.05, 4.69) is 5.32 Å². The molecule has 3 nitrogen and oxygen atoms in total. The number of ether oxygens (including phenoxy) is 1. The van der Waals surface area contributed by atoms with Crippen LogP contribution in [0.4, 0.5) is 13.2 Å². The van der Waals surface area contributed by atoms with Crippen molar-refractivity contribution in [3.05, 3.63) is 29.3 Å². The standard InChI is InChI=1S/C13H18F3NO2/c1-17-9-10-4-5-12(19-7-3-2-6-18)11(8-10)13(14,15)16/h4-5,8,17-18H,2-3,6-7,9H2,1H3. The number of aliphatic hydroxyl groups excluding tert-OH is 1. The molecule has 0 fully saturated rings. The van der Waals surface area contributed by atoms with Gasteiger partial charge in [0.25, 0.3) is 0 Å². The smallest absolute Gasteiger partial charge is 0.419 e. The lowest BCUT2D eigenvalue weighted by Crippen LogP contribution is -2.12. The molecule has 0 saturated heterocycles. The van der Waals surface area contributed by atoms with Gasteiger partial charge in [-0.15, -0.1) is 0 Å². The Hall–Kier alpha value is -1.27. The molecular weight excluding hydrogens is 259 g/mol. The van der Waals surface area contributed by atoms with E-state index in [0.29, 0.717) is 24.9 Å². The third kappa shape index (κ3) is 5.08. The van der Waals surface area contributed by atoms with Crippen molar-refractivity contribution in [3.63, 3.8) is 0 Å². The van der Waals surface area contributed by atoms with Gasteiger partial charge in [0.05, 0.1) is 12.2 Å². The Morgan fingerprint density at radius 3 is 2.58 bits per heavy atom. The minimum absolute atomic E-state index is 0.0105. The zero-order chi connectivity index (χ0) is 14.3. The topological polar surface area (TPSA) is 41.5 Å². The molecule has 6 heteroatoms. The fraction of sp³-hybridized carbons (Fsp3) is 0.538. The summed E-state index contributed by atoms with van der Waals surface area (Å²) in [5.41, 5.74) is -0.207. The molecule has 0 unspecified atom stereocenters. The van der Waals surface area contributed by atoms with Crippen molar-refractivity contribution < 1.29 is 23.0 Å². The minimum Gasteiger partial charge on any atom is -0.493 e. The van der Waals surface area contributed by atoms with Gasteiger partial charge in [0.2, 0.25) is 0 Å². The van der Waals surface area contributed by atoms with Crippen LogP contribution in [-0.2, 0) is 12.7 Å². The van der Waals surface area contributed by atoms with Gasteiger partial charge in [-0.05, 0) is 37.6 Å². The Bertz CT molecular complexity index is 394. The SMILES string of the molecule is CNCc1ccc(OCCCCO)c(C(F)(F)F)c1. The molecule has 2 N–H and O–H groups in total. The van der Waals surface area contributed by atoms with Crippen LogP contribution in [0.25, 0.3) is 0 Å². The van der Waals surface area contributed by atoms with E-state index in [0.717, 1.165) is 6.07 Å². The van der Waals surface area contributed by atoms with E-state index in [1.165, 1.54) is 6.07 Å². The van der Waals surface area contributed by atoms with E-state index < -0.39 is 11.7 Å². The highest BCUT2D eigenvalue weighted by atomic mass is 19.4. The summed E-state index contributed by atoms with van der Waals surface area (Å²) in [6.45, 7) is 0.541. The van der Waals surface area contributed by atoms with Gasteiger partial charge >= 0.3 is 6.18 Å². The second-order valence-electron chi connectivity index (χ2n) is 4.14. The number of aliphatic hydroxyl groups is 1. The van der Waals surface area contributed by atoms with E-state index in [1.807, 2.05) is 0 Å². The molecule has 0 aliphatic rings. The molecule has 0 saturated carbocycles. The molecule has 0 heterocycles. The molecule has 0 atom stereocenters. The highest BCUT2D eigenvalue weighted by Crippen LogP contribution is 2.36. The van der Waals surface area contributed by atoms with Gasteiger partial charge in [-0.25, -0.2) is 0 Å². The van der Waals surface area contributed by atoms with E-state index in [4.69, 9.17) is 9.84 Å². The highest BCUT2D eigenvalue weighted by molar-refractivity contribution is 5.39. The molecule has 108 valence electrons. The van der Waals surface area contributed by atoms with Crippen LogP contribution in [-0.4, -0.2) is 25.4 Å². The van der Waals surface area contributed by atoms with Gasteiger partial charge in [0.1, 0.15) is 5.75 Å². The number of unbranched alkanes of at least 4 members (excludes halogenated alkanes) is 1. The summed E-state index contributed by atoms with van der Waals surface area (Å²) in [5.74, 6) is -0.162. The Kier molecular flexibility index (Phi) is 6.11. The molecule has 0 aliphatic heterocycles. The number of benzene rings is 1. The van der Waals surface area contributed by atoms with Crippen LogP contribution in [0.3, 0.4) is 0 Å². The van der Waals surface area contributed by atoms with E-state index >= 15 is 0 Å². The number of rotatable bonds is 7. The average molecular weight is 277 g/mol. The quantitative estimate of drug-likeness (QED) is 0.753. The summed E-state index contributed by atoms with van der Waals surface area (Å²) in [4.78, 5) is 0.